The highest BCUT2D eigenvalue weighted by molar-refractivity contribution is 6.40. The normalized spacial score (nSPS) is 15.8. The number of carbonyl (C=O) groups excluding carboxylic acids is 1. The van der Waals surface area contributed by atoms with E-state index >= 15 is 0 Å². The number of aromatic nitrogens is 2. The molecule has 0 saturated carbocycles. The zero-order valence-corrected chi connectivity index (χ0v) is 12.4. The van der Waals surface area contributed by atoms with E-state index < -0.39 is 0 Å². The van der Waals surface area contributed by atoms with Crippen LogP contribution in [0.3, 0.4) is 0 Å². The van der Waals surface area contributed by atoms with E-state index in [1.165, 1.54) is 11.0 Å². The van der Waals surface area contributed by atoms with Crippen molar-refractivity contribution in [2.45, 2.75) is 32.9 Å². The fourth-order valence-electron chi connectivity index (χ4n) is 2.11. The molecule has 1 aliphatic rings. The smallest absolute Gasteiger partial charge is 0.290 e. The number of rotatable bonds is 4. The van der Waals surface area contributed by atoms with Crippen LogP contribution in [0.4, 0.5) is 0 Å². The second-order valence-corrected chi connectivity index (χ2v) is 5.14. The van der Waals surface area contributed by atoms with Gasteiger partial charge in [-0.3, -0.25) is 9.36 Å². The summed E-state index contributed by atoms with van der Waals surface area (Å²) in [5.74, 6) is 0.124. The Balaban J connectivity index is 2.22. The van der Waals surface area contributed by atoms with Crippen molar-refractivity contribution in [1.82, 2.24) is 14.5 Å². The molecule has 2 rings (SSSR count). The largest absolute Gasteiger partial charge is 0.361 e. The zero-order chi connectivity index (χ0) is 13.8. The van der Waals surface area contributed by atoms with Gasteiger partial charge in [0.1, 0.15) is 11.9 Å². The van der Waals surface area contributed by atoms with Crippen molar-refractivity contribution in [3.63, 3.8) is 0 Å². The third-order valence-electron chi connectivity index (χ3n) is 3.13. The number of likely N-dealkylation sites (tertiary alicyclic amines) is 1. The molecule has 1 aliphatic heterocycles. The fraction of sp³-hybridized carbons (Fsp3) is 0.667. The van der Waals surface area contributed by atoms with Crippen molar-refractivity contribution in [1.29, 1.82) is 0 Å². The van der Waals surface area contributed by atoms with Crippen LogP contribution in [0.2, 0.25) is 10.3 Å². The number of hydrogen-bond acceptors (Lipinski definition) is 3. The minimum absolute atomic E-state index is 0.131. The van der Waals surface area contributed by atoms with Gasteiger partial charge >= 0.3 is 0 Å². The zero-order valence-electron chi connectivity index (χ0n) is 10.9. The van der Waals surface area contributed by atoms with E-state index in [-0.39, 0.29) is 28.8 Å². The lowest BCUT2D eigenvalue weighted by molar-refractivity contribution is 0.0641. The molecule has 19 heavy (non-hydrogen) atoms. The second-order valence-electron chi connectivity index (χ2n) is 4.42. The molecular formula is C12H17Cl2N3O2. The monoisotopic (exact) mass is 305 g/mol. The average molecular weight is 306 g/mol. The molecule has 1 fully saturated rings. The van der Waals surface area contributed by atoms with Gasteiger partial charge in [-0.2, -0.15) is 0 Å². The summed E-state index contributed by atoms with van der Waals surface area (Å²) in [5.41, 5.74) is 0. The molecule has 1 aromatic rings. The first kappa shape index (κ1) is 14.6. The van der Waals surface area contributed by atoms with Crippen LogP contribution in [0.5, 0.6) is 0 Å². The SMILES string of the molecule is CCOCn1c(C(=O)N2CCCCC2)nc(Cl)c1Cl. The van der Waals surface area contributed by atoms with Crippen LogP contribution in [0.25, 0.3) is 0 Å². The average Bonchev–Trinajstić information content (AvgIpc) is 2.73. The number of hydrogen-bond donors (Lipinski definition) is 0. The number of amides is 1. The van der Waals surface area contributed by atoms with Crippen LogP contribution in [-0.2, 0) is 11.5 Å². The first-order valence-electron chi connectivity index (χ1n) is 6.43. The number of piperidine rings is 1. The lowest BCUT2D eigenvalue weighted by Crippen LogP contribution is -2.37. The van der Waals surface area contributed by atoms with Crippen LogP contribution in [0.15, 0.2) is 0 Å². The Morgan fingerprint density at radius 3 is 2.63 bits per heavy atom. The van der Waals surface area contributed by atoms with Gasteiger partial charge in [0.15, 0.2) is 5.15 Å². The van der Waals surface area contributed by atoms with Crippen LogP contribution in [-0.4, -0.2) is 40.1 Å². The summed E-state index contributed by atoms with van der Waals surface area (Å²) in [6, 6.07) is 0. The van der Waals surface area contributed by atoms with E-state index in [0.717, 1.165) is 25.9 Å². The van der Waals surface area contributed by atoms with Gasteiger partial charge in [0.25, 0.3) is 5.91 Å². The van der Waals surface area contributed by atoms with Gasteiger partial charge in [-0.1, -0.05) is 23.2 Å². The Morgan fingerprint density at radius 2 is 2.00 bits per heavy atom. The highest BCUT2D eigenvalue weighted by Crippen LogP contribution is 2.24. The van der Waals surface area contributed by atoms with Crippen molar-refractivity contribution in [3.8, 4) is 0 Å². The van der Waals surface area contributed by atoms with E-state index in [9.17, 15) is 4.79 Å². The molecule has 0 aromatic carbocycles. The molecule has 1 aromatic heterocycles. The molecule has 1 saturated heterocycles. The van der Waals surface area contributed by atoms with E-state index in [0.29, 0.717) is 6.61 Å². The van der Waals surface area contributed by atoms with Crippen molar-refractivity contribution in [2.24, 2.45) is 0 Å². The molecule has 0 unspecified atom stereocenters. The first-order chi connectivity index (χ1) is 9.15. The maximum atomic E-state index is 12.4. The van der Waals surface area contributed by atoms with Crippen molar-refractivity contribution < 1.29 is 9.53 Å². The number of imidazole rings is 1. The van der Waals surface area contributed by atoms with Gasteiger partial charge in [-0.15, -0.1) is 0 Å². The summed E-state index contributed by atoms with van der Waals surface area (Å²) in [4.78, 5) is 18.3. The van der Waals surface area contributed by atoms with Crippen LogP contribution < -0.4 is 0 Å². The van der Waals surface area contributed by atoms with Crippen molar-refractivity contribution in [3.05, 3.63) is 16.1 Å². The third kappa shape index (κ3) is 3.22. The summed E-state index contributed by atoms with van der Waals surface area (Å²) < 4.78 is 6.82. The number of halogens is 2. The third-order valence-corrected chi connectivity index (χ3v) is 3.87. The lowest BCUT2D eigenvalue weighted by atomic mass is 10.1. The molecule has 0 radical (unpaired) electrons. The van der Waals surface area contributed by atoms with Gasteiger partial charge in [0.2, 0.25) is 5.82 Å². The molecular weight excluding hydrogens is 289 g/mol. The molecule has 0 N–H and O–H groups in total. The number of nitrogens with zero attached hydrogens (tertiary/aromatic N) is 3. The van der Waals surface area contributed by atoms with E-state index in [2.05, 4.69) is 4.98 Å². The predicted octanol–water partition coefficient (Wildman–Crippen LogP) is 2.81. The molecule has 1 amide bonds. The van der Waals surface area contributed by atoms with Crippen molar-refractivity contribution in [2.75, 3.05) is 19.7 Å². The van der Waals surface area contributed by atoms with Crippen molar-refractivity contribution >= 4 is 29.1 Å². The van der Waals surface area contributed by atoms with Gasteiger partial charge in [-0.05, 0) is 26.2 Å². The summed E-state index contributed by atoms with van der Waals surface area (Å²) in [6.45, 7) is 4.11. The highest BCUT2D eigenvalue weighted by Gasteiger charge is 2.25. The summed E-state index contributed by atoms with van der Waals surface area (Å²) in [7, 11) is 0. The highest BCUT2D eigenvalue weighted by atomic mass is 35.5. The Morgan fingerprint density at radius 1 is 1.32 bits per heavy atom. The lowest BCUT2D eigenvalue weighted by Gasteiger charge is -2.26. The first-order valence-corrected chi connectivity index (χ1v) is 7.19. The van der Waals surface area contributed by atoms with E-state index in [1.54, 1.807) is 4.90 Å². The van der Waals surface area contributed by atoms with Crippen LogP contribution >= 0.6 is 23.2 Å². The van der Waals surface area contributed by atoms with Gasteiger partial charge in [0, 0.05) is 19.7 Å². The fourth-order valence-corrected chi connectivity index (χ4v) is 2.46. The Bertz CT molecular complexity index is 456. The molecule has 0 atom stereocenters. The predicted molar refractivity (Wildman–Crippen MR) is 73.6 cm³/mol. The summed E-state index contributed by atoms with van der Waals surface area (Å²) in [5, 5.41) is 0.386. The molecule has 106 valence electrons. The molecule has 7 heteroatoms. The van der Waals surface area contributed by atoms with E-state index in [4.69, 9.17) is 27.9 Å². The number of carbonyl (C=O) groups is 1. The standard InChI is InChI=1S/C12H17Cl2N3O2/c1-2-19-8-17-10(14)9(13)15-11(17)12(18)16-6-4-3-5-7-16/h2-8H2,1H3. The quantitative estimate of drug-likeness (QED) is 0.859. The maximum absolute atomic E-state index is 12.4. The summed E-state index contributed by atoms with van der Waals surface area (Å²) in [6.07, 6.45) is 3.22. The van der Waals surface area contributed by atoms with Gasteiger partial charge in [-0.25, -0.2) is 4.98 Å². The Labute approximate surface area is 122 Å². The molecule has 0 bridgehead atoms. The van der Waals surface area contributed by atoms with Crippen LogP contribution in [0.1, 0.15) is 36.8 Å². The van der Waals surface area contributed by atoms with Crippen LogP contribution in [0, 0.1) is 0 Å². The maximum Gasteiger partial charge on any atom is 0.290 e. The van der Waals surface area contributed by atoms with Gasteiger partial charge in [0.05, 0.1) is 0 Å². The van der Waals surface area contributed by atoms with Gasteiger partial charge < -0.3 is 9.64 Å². The van der Waals surface area contributed by atoms with E-state index in [1.807, 2.05) is 6.92 Å². The molecule has 2 heterocycles. The minimum atomic E-state index is -0.131. The topological polar surface area (TPSA) is 47.4 Å². The molecule has 0 aliphatic carbocycles. The summed E-state index contributed by atoms with van der Waals surface area (Å²) >= 11 is 12.0. The molecule has 5 nitrogen and oxygen atoms in total. The molecule has 0 spiro atoms. The second kappa shape index (κ2) is 6.59. The Kier molecular flexibility index (Phi) is 5.07. The Hall–Kier alpha value is -0.780. The minimum Gasteiger partial charge on any atom is -0.361 e. The number of ether oxygens (including phenoxy) is 1.